The van der Waals surface area contributed by atoms with Gasteiger partial charge in [0.2, 0.25) is 0 Å². The minimum atomic E-state index is -0.0635. The normalized spacial score (nSPS) is 20.0. The Kier molecular flexibility index (Phi) is 7.26. The third-order valence-corrected chi connectivity index (χ3v) is 5.46. The third kappa shape index (κ3) is 5.17. The molecule has 0 bridgehead atoms. The first-order valence-electron chi connectivity index (χ1n) is 10.2. The molecule has 0 unspecified atom stereocenters. The molecule has 1 aromatic heterocycles. The molecule has 3 heterocycles. The monoisotopic (exact) mass is 359 g/mol. The molecule has 1 amide bonds. The van der Waals surface area contributed by atoms with Crippen LogP contribution in [0, 0.1) is 0 Å². The van der Waals surface area contributed by atoms with E-state index < -0.39 is 0 Å². The first-order chi connectivity index (χ1) is 12.8. The van der Waals surface area contributed by atoms with Gasteiger partial charge in [0.05, 0.1) is 0 Å². The van der Waals surface area contributed by atoms with Gasteiger partial charge in [-0.1, -0.05) is 19.4 Å². The number of aromatic nitrogens is 1. The number of nitrogens with zero attached hydrogens (tertiary/aromatic N) is 3. The number of carbonyl (C=O) groups is 1. The van der Waals surface area contributed by atoms with Crippen LogP contribution in [0.25, 0.3) is 0 Å². The van der Waals surface area contributed by atoms with Gasteiger partial charge in [-0.05, 0) is 50.9 Å². The zero-order valence-corrected chi connectivity index (χ0v) is 16.0. The van der Waals surface area contributed by atoms with Crippen LogP contribution in [0.1, 0.15) is 49.5 Å². The zero-order valence-electron chi connectivity index (χ0n) is 16.0. The highest BCUT2D eigenvalue weighted by atomic mass is 16.1. The maximum Gasteiger partial charge on any atom is 0.269 e. The SMILES string of the molecule is CCCCNC(=O)c1cccc(N2CCCN(C3CCNCC3)CC2)n1. The van der Waals surface area contributed by atoms with Crippen molar-refractivity contribution in [2.75, 3.05) is 50.7 Å². The number of hydrogen-bond donors (Lipinski definition) is 2. The fourth-order valence-electron chi connectivity index (χ4n) is 3.90. The second-order valence-electron chi connectivity index (χ2n) is 7.35. The molecular weight excluding hydrogens is 326 g/mol. The smallest absolute Gasteiger partial charge is 0.269 e. The van der Waals surface area contributed by atoms with Gasteiger partial charge in [0.1, 0.15) is 11.5 Å². The van der Waals surface area contributed by atoms with E-state index >= 15 is 0 Å². The van der Waals surface area contributed by atoms with Gasteiger partial charge in [-0.3, -0.25) is 9.69 Å². The van der Waals surface area contributed by atoms with Gasteiger partial charge < -0.3 is 15.5 Å². The maximum absolute atomic E-state index is 12.3. The number of anilines is 1. The second-order valence-corrected chi connectivity index (χ2v) is 7.35. The Balaban J connectivity index is 1.58. The topological polar surface area (TPSA) is 60.5 Å². The van der Waals surface area contributed by atoms with Crippen LogP contribution in [0.15, 0.2) is 18.2 Å². The fraction of sp³-hybridized carbons (Fsp3) is 0.700. The Bertz CT molecular complexity index is 573. The van der Waals surface area contributed by atoms with Crippen molar-refractivity contribution in [2.45, 2.75) is 45.1 Å². The van der Waals surface area contributed by atoms with Gasteiger partial charge in [0.15, 0.2) is 0 Å². The van der Waals surface area contributed by atoms with Gasteiger partial charge in [-0.15, -0.1) is 0 Å². The molecule has 26 heavy (non-hydrogen) atoms. The van der Waals surface area contributed by atoms with Crippen molar-refractivity contribution in [1.82, 2.24) is 20.5 Å². The van der Waals surface area contributed by atoms with E-state index in [1.54, 1.807) is 0 Å². The number of rotatable bonds is 6. The number of nitrogens with one attached hydrogen (secondary N) is 2. The summed E-state index contributed by atoms with van der Waals surface area (Å²) >= 11 is 0. The number of carbonyl (C=O) groups excluding carboxylic acids is 1. The summed E-state index contributed by atoms with van der Waals surface area (Å²) in [6, 6.07) is 6.51. The van der Waals surface area contributed by atoms with Crippen molar-refractivity contribution in [3.63, 3.8) is 0 Å². The van der Waals surface area contributed by atoms with Gasteiger partial charge >= 0.3 is 0 Å². The van der Waals surface area contributed by atoms with Crippen LogP contribution in [-0.2, 0) is 0 Å². The lowest BCUT2D eigenvalue weighted by molar-refractivity contribution is 0.0948. The first-order valence-corrected chi connectivity index (χ1v) is 10.2. The molecule has 1 aromatic rings. The number of hydrogen-bond acceptors (Lipinski definition) is 5. The fourth-order valence-corrected chi connectivity index (χ4v) is 3.90. The van der Waals surface area contributed by atoms with E-state index in [0.29, 0.717) is 5.69 Å². The van der Waals surface area contributed by atoms with Crippen LogP contribution in [0.5, 0.6) is 0 Å². The largest absolute Gasteiger partial charge is 0.355 e. The van der Waals surface area contributed by atoms with Crippen LogP contribution >= 0.6 is 0 Å². The predicted molar refractivity (Wildman–Crippen MR) is 106 cm³/mol. The van der Waals surface area contributed by atoms with Crippen LogP contribution in [-0.4, -0.2) is 67.6 Å². The highest BCUT2D eigenvalue weighted by Gasteiger charge is 2.24. The molecule has 2 fully saturated rings. The van der Waals surface area contributed by atoms with Gasteiger partial charge in [0.25, 0.3) is 5.91 Å². The van der Waals surface area contributed by atoms with E-state index in [4.69, 9.17) is 0 Å². The van der Waals surface area contributed by atoms with Crippen molar-refractivity contribution < 1.29 is 4.79 Å². The average molecular weight is 360 g/mol. The summed E-state index contributed by atoms with van der Waals surface area (Å²) in [5.41, 5.74) is 0.526. The molecule has 0 radical (unpaired) electrons. The van der Waals surface area contributed by atoms with E-state index in [9.17, 15) is 4.79 Å². The Labute approximate surface area is 157 Å². The maximum atomic E-state index is 12.3. The quantitative estimate of drug-likeness (QED) is 0.760. The van der Waals surface area contributed by atoms with E-state index in [-0.39, 0.29) is 5.91 Å². The number of unbranched alkanes of at least 4 members (excludes halogenated alkanes) is 1. The molecule has 6 nitrogen and oxygen atoms in total. The Hall–Kier alpha value is -1.66. The summed E-state index contributed by atoms with van der Waals surface area (Å²) < 4.78 is 0. The van der Waals surface area contributed by atoms with Crippen molar-refractivity contribution in [3.05, 3.63) is 23.9 Å². The van der Waals surface area contributed by atoms with Gasteiger partial charge in [-0.25, -0.2) is 4.98 Å². The Morgan fingerprint density at radius 1 is 1.23 bits per heavy atom. The summed E-state index contributed by atoms with van der Waals surface area (Å²) in [5, 5.41) is 6.41. The van der Waals surface area contributed by atoms with Crippen molar-refractivity contribution in [3.8, 4) is 0 Å². The first kappa shape index (κ1) is 19.1. The minimum absolute atomic E-state index is 0.0635. The lowest BCUT2D eigenvalue weighted by Crippen LogP contribution is -2.44. The molecular formula is C20H33N5O. The highest BCUT2D eigenvalue weighted by molar-refractivity contribution is 5.92. The van der Waals surface area contributed by atoms with E-state index in [0.717, 1.165) is 70.4 Å². The average Bonchev–Trinajstić information content (AvgIpc) is 2.95. The van der Waals surface area contributed by atoms with Gasteiger partial charge in [0, 0.05) is 38.8 Å². The summed E-state index contributed by atoms with van der Waals surface area (Å²) in [5.74, 6) is 0.867. The number of pyridine rings is 1. The third-order valence-electron chi connectivity index (χ3n) is 5.46. The van der Waals surface area contributed by atoms with E-state index in [1.165, 1.54) is 19.4 Å². The zero-order chi connectivity index (χ0) is 18.2. The molecule has 0 atom stereocenters. The predicted octanol–water partition coefficient (Wildman–Crippen LogP) is 1.88. The Morgan fingerprint density at radius 2 is 2.08 bits per heavy atom. The molecule has 0 aliphatic carbocycles. The number of amides is 1. The lowest BCUT2D eigenvalue weighted by atomic mass is 10.0. The molecule has 0 saturated carbocycles. The number of piperidine rings is 1. The van der Waals surface area contributed by atoms with Crippen LogP contribution in [0.3, 0.4) is 0 Å². The second kappa shape index (κ2) is 9.88. The lowest BCUT2D eigenvalue weighted by Gasteiger charge is -2.33. The molecule has 2 aliphatic heterocycles. The van der Waals surface area contributed by atoms with Crippen molar-refractivity contribution in [2.24, 2.45) is 0 Å². The van der Waals surface area contributed by atoms with Crippen LogP contribution in [0.2, 0.25) is 0 Å². The molecule has 144 valence electrons. The molecule has 2 aliphatic rings. The molecule has 3 rings (SSSR count). The van der Waals surface area contributed by atoms with E-state index in [1.807, 2.05) is 18.2 Å². The van der Waals surface area contributed by atoms with Crippen molar-refractivity contribution in [1.29, 1.82) is 0 Å². The minimum Gasteiger partial charge on any atom is -0.355 e. The van der Waals surface area contributed by atoms with Crippen molar-refractivity contribution >= 4 is 11.7 Å². The molecule has 6 heteroatoms. The molecule has 0 spiro atoms. The van der Waals surface area contributed by atoms with E-state index in [2.05, 4.69) is 32.3 Å². The van der Waals surface area contributed by atoms with Gasteiger partial charge in [-0.2, -0.15) is 0 Å². The highest BCUT2D eigenvalue weighted by Crippen LogP contribution is 2.18. The Morgan fingerprint density at radius 3 is 2.88 bits per heavy atom. The summed E-state index contributed by atoms with van der Waals surface area (Å²) in [7, 11) is 0. The summed E-state index contributed by atoms with van der Waals surface area (Å²) in [4.78, 5) is 21.9. The molecule has 2 N–H and O–H groups in total. The molecule has 2 saturated heterocycles. The van der Waals surface area contributed by atoms with Crippen LogP contribution in [0.4, 0.5) is 5.82 Å². The molecule has 0 aromatic carbocycles. The summed E-state index contributed by atoms with van der Waals surface area (Å²) in [6.07, 6.45) is 5.75. The standard InChI is InChI=1S/C20H33N5O/c1-2-3-10-22-20(26)18-6-4-7-19(23-18)25-14-5-13-24(15-16-25)17-8-11-21-12-9-17/h4,6-7,17,21H,2-3,5,8-16H2,1H3,(H,22,26). The summed E-state index contributed by atoms with van der Waals surface area (Å²) in [6.45, 7) is 9.36. The van der Waals surface area contributed by atoms with Crippen LogP contribution < -0.4 is 15.5 Å².